The van der Waals surface area contributed by atoms with Gasteiger partial charge in [-0.3, -0.25) is 4.79 Å². The van der Waals surface area contributed by atoms with Crippen molar-refractivity contribution in [1.29, 1.82) is 0 Å². The fourth-order valence-corrected chi connectivity index (χ4v) is 2.88. The van der Waals surface area contributed by atoms with E-state index in [0.29, 0.717) is 0 Å². The minimum Gasteiger partial charge on any atom is -1.00 e. The standard InChI is InChI=1S/C18H19N3O.ClH/c1-14(22)19-18-16(10-13-21-11-6-3-7-12-21)15-8-4-5-9-17(15)20(18)2;/h3-9,11-12H,10,13H2,1-2H3;1H. The van der Waals surface area contributed by atoms with E-state index in [1.165, 1.54) is 10.9 Å². The lowest BCUT2D eigenvalue weighted by atomic mass is 10.1. The largest absolute Gasteiger partial charge is 1.00 e. The third-order valence-corrected chi connectivity index (χ3v) is 3.90. The van der Waals surface area contributed by atoms with Crippen LogP contribution >= 0.6 is 0 Å². The van der Waals surface area contributed by atoms with Crippen LogP contribution in [0, 0.1) is 0 Å². The Balaban J connectivity index is 0.00000192. The molecule has 0 bridgehead atoms. The second kappa shape index (κ2) is 7.29. The predicted octanol–water partition coefficient (Wildman–Crippen LogP) is -0.329. The van der Waals surface area contributed by atoms with E-state index in [9.17, 15) is 4.79 Å². The molecule has 1 aromatic carbocycles. The first-order chi connectivity index (χ1) is 10.7. The maximum Gasteiger partial charge on any atom is 0.222 e. The van der Waals surface area contributed by atoms with E-state index in [1.54, 1.807) is 6.92 Å². The number of anilines is 1. The molecule has 0 spiro atoms. The highest BCUT2D eigenvalue weighted by Gasteiger charge is 2.16. The van der Waals surface area contributed by atoms with Gasteiger partial charge in [0, 0.05) is 49.0 Å². The molecular weight excluding hydrogens is 310 g/mol. The number of halogens is 1. The molecule has 0 fully saturated rings. The van der Waals surface area contributed by atoms with Crippen LogP contribution in [-0.2, 0) is 24.8 Å². The van der Waals surface area contributed by atoms with Crippen molar-refractivity contribution < 1.29 is 21.8 Å². The molecule has 3 aromatic rings. The summed E-state index contributed by atoms with van der Waals surface area (Å²) in [6.07, 6.45) is 4.98. The zero-order valence-electron chi connectivity index (χ0n) is 13.3. The second-order valence-electron chi connectivity index (χ2n) is 5.45. The molecule has 120 valence electrons. The van der Waals surface area contributed by atoms with E-state index in [-0.39, 0.29) is 18.3 Å². The first-order valence-corrected chi connectivity index (χ1v) is 7.45. The number of hydrogen-bond acceptors (Lipinski definition) is 1. The lowest BCUT2D eigenvalue weighted by Crippen LogP contribution is -3.00. The topological polar surface area (TPSA) is 37.9 Å². The first-order valence-electron chi connectivity index (χ1n) is 7.45. The van der Waals surface area contributed by atoms with Gasteiger partial charge in [0.05, 0.1) is 0 Å². The molecule has 1 N–H and O–H groups in total. The third-order valence-electron chi connectivity index (χ3n) is 3.90. The molecule has 0 atom stereocenters. The SMILES string of the molecule is CC(=O)Nc1c(CC[n+]2ccccc2)c2ccccc2n1C.[Cl-]. The van der Waals surface area contributed by atoms with Crippen molar-refractivity contribution in [1.82, 2.24) is 4.57 Å². The van der Waals surface area contributed by atoms with Gasteiger partial charge in [-0.05, 0) is 6.07 Å². The molecule has 5 heteroatoms. The van der Waals surface area contributed by atoms with E-state index >= 15 is 0 Å². The number of aryl methyl sites for hydroxylation is 3. The number of nitrogens with one attached hydrogen (secondary N) is 1. The number of rotatable bonds is 4. The van der Waals surface area contributed by atoms with Crippen LogP contribution in [0.15, 0.2) is 54.9 Å². The first kappa shape index (κ1) is 17.0. The van der Waals surface area contributed by atoms with Crippen LogP contribution < -0.4 is 22.3 Å². The number of fused-ring (bicyclic) bond motifs is 1. The summed E-state index contributed by atoms with van der Waals surface area (Å²) >= 11 is 0. The van der Waals surface area contributed by atoms with Crippen molar-refractivity contribution in [2.75, 3.05) is 5.32 Å². The molecule has 0 aliphatic rings. The van der Waals surface area contributed by atoms with Crippen molar-refractivity contribution in [2.45, 2.75) is 19.9 Å². The van der Waals surface area contributed by atoms with Gasteiger partial charge in [0.2, 0.25) is 5.91 Å². The Kier molecular flexibility index (Phi) is 5.40. The summed E-state index contributed by atoms with van der Waals surface area (Å²) in [5.74, 6) is 0.852. The highest BCUT2D eigenvalue weighted by molar-refractivity contribution is 5.96. The monoisotopic (exact) mass is 329 g/mol. The normalized spacial score (nSPS) is 10.3. The lowest BCUT2D eigenvalue weighted by molar-refractivity contribution is -0.696. The maximum atomic E-state index is 11.5. The van der Waals surface area contributed by atoms with Crippen molar-refractivity contribution >= 4 is 22.6 Å². The molecule has 0 saturated carbocycles. The Hall–Kier alpha value is -2.33. The summed E-state index contributed by atoms with van der Waals surface area (Å²) in [5.41, 5.74) is 2.32. The van der Waals surface area contributed by atoms with Gasteiger partial charge in [-0.25, -0.2) is 4.57 Å². The lowest BCUT2D eigenvalue weighted by Gasteiger charge is -2.07. The smallest absolute Gasteiger partial charge is 0.222 e. The number of para-hydroxylation sites is 1. The summed E-state index contributed by atoms with van der Waals surface area (Å²) in [7, 11) is 1.99. The van der Waals surface area contributed by atoms with Gasteiger partial charge < -0.3 is 22.3 Å². The van der Waals surface area contributed by atoms with Gasteiger partial charge in [0.1, 0.15) is 5.82 Å². The number of carbonyl (C=O) groups is 1. The molecule has 2 heterocycles. The average molecular weight is 330 g/mol. The summed E-state index contributed by atoms with van der Waals surface area (Å²) in [6, 6.07) is 14.3. The van der Waals surface area contributed by atoms with Crippen molar-refractivity contribution in [2.24, 2.45) is 7.05 Å². The van der Waals surface area contributed by atoms with E-state index in [4.69, 9.17) is 0 Å². The van der Waals surface area contributed by atoms with E-state index < -0.39 is 0 Å². The highest BCUT2D eigenvalue weighted by Crippen LogP contribution is 2.29. The van der Waals surface area contributed by atoms with Crippen LogP contribution in [0.3, 0.4) is 0 Å². The molecule has 0 aliphatic heterocycles. The summed E-state index contributed by atoms with van der Waals surface area (Å²) in [4.78, 5) is 11.5. The zero-order valence-corrected chi connectivity index (χ0v) is 14.0. The average Bonchev–Trinajstić information content (AvgIpc) is 2.79. The Labute approximate surface area is 142 Å². The van der Waals surface area contributed by atoms with Gasteiger partial charge in [0.25, 0.3) is 0 Å². The molecule has 2 aromatic heterocycles. The Morgan fingerprint density at radius 2 is 1.83 bits per heavy atom. The quantitative estimate of drug-likeness (QED) is 0.654. The van der Waals surface area contributed by atoms with Crippen molar-refractivity contribution in [3.05, 3.63) is 60.4 Å². The Morgan fingerprint density at radius 1 is 1.13 bits per heavy atom. The van der Waals surface area contributed by atoms with Crippen LogP contribution in [0.5, 0.6) is 0 Å². The minimum absolute atomic E-state index is 0. The fourth-order valence-electron chi connectivity index (χ4n) is 2.88. The highest BCUT2D eigenvalue weighted by atomic mass is 35.5. The summed E-state index contributed by atoms with van der Waals surface area (Å²) < 4.78 is 4.21. The molecule has 3 rings (SSSR count). The summed E-state index contributed by atoms with van der Waals surface area (Å²) in [5, 5.41) is 4.18. The van der Waals surface area contributed by atoms with Crippen LogP contribution in [0.1, 0.15) is 12.5 Å². The van der Waals surface area contributed by atoms with Gasteiger partial charge in [-0.1, -0.05) is 24.3 Å². The number of benzene rings is 1. The van der Waals surface area contributed by atoms with Gasteiger partial charge in [0.15, 0.2) is 18.9 Å². The molecule has 0 saturated heterocycles. The Morgan fingerprint density at radius 3 is 2.52 bits per heavy atom. The molecule has 23 heavy (non-hydrogen) atoms. The van der Waals surface area contributed by atoms with Crippen LogP contribution in [0.2, 0.25) is 0 Å². The van der Waals surface area contributed by atoms with Crippen LogP contribution in [-0.4, -0.2) is 10.5 Å². The Bertz CT molecular complexity index is 812. The number of nitrogens with zero attached hydrogens (tertiary/aromatic N) is 2. The number of aromatic nitrogens is 2. The minimum atomic E-state index is -0.0421. The van der Waals surface area contributed by atoms with Crippen molar-refractivity contribution in [3.8, 4) is 0 Å². The zero-order chi connectivity index (χ0) is 15.5. The van der Waals surface area contributed by atoms with Gasteiger partial charge in [-0.2, -0.15) is 0 Å². The molecular formula is C18H20ClN3O. The number of pyridine rings is 1. The summed E-state index contributed by atoms with van der Waals surface area (Å²) in [6.45, 7) is 2.43. The number of amides is 1. The van der Waals surface area contributed by atoms with E-state index in [1.807, 2.05) is 37.4 Å². The fraction of sp³-hybridized carbons (Fsp3) is 0.222. The molecule has 0 aliphatic carbocycles. The second-order valence-corrected chi connectivity index (χ2v) is 5.45. The predicted molar refractivity (Wildman–Crippen MR) is 87.6 cm³/mol. The molecule has 0 unspecified atom stereocenters. The third kappa shape index (κ3) is 3.54. The maximum absolute atomic E-state index is 11.5. The van der Waals surface area contributed by atoms with E-state index in [0.717, 1.165) is 24.3 Å². The molecule has 4 nitrogen and oxygen atoms in total. The molecule has 1 amide bonds. The van der Waals surface area contributed by atoms with E-state index in [2.05, 4.69) is 39.0 Å². The van der Waals surface area contributed by atoms with Gasteiger partial charge >= 0.3 is 0 Å². The molecule has 0 radical (unpaired) electrons. The van der Waals surface area contributed by atoms with Crippen LogP contribution in [0.4, 0.5) is 5.82 Å². The number of carbonyl (C=O) groups excluding carboxylic acids is 1. The number of hydrogen-bond donors (Lipinski definition) is 1. The van der Waals surface area contributed by atoms with Crippen molar-refractivity contribution in [3.63, 3.8) is 0 Å². The van der Waals surface area contributed by atoms with Crippen LogP contribution in [0.25, 0.3) is 10.9 Å². The van der Waals surface area contributed by atoms with Gasteiger partial charge in [-0.15, -0.1) is 0 Å².